The number of carbonyl (C=O) groups excluding carboxylic acids is 1. The van der Waals surface area contributed by atoms with Crippen molar-refractivity contribution in [1.29, 1.82) is 5.26 Å². The lowest BCUT2D eigenvalue weighted by molar-refractivity contribution is -0.111. The Balaban J connectivity index is 2.06. The van der Waals surface area contributed by atoms with Crippen LogP contribution >= 0.6 is 0 Å². The Bertz CT molecular complexity index is 679. The van der Waals surface area contributed by atoms with Crippen LogP contribution in [-0.2, 0) is 4.79 Å². The van der Waals surface area contributed by atoms with Gasteiger partial charge in [0.1, 0.15) is 6.07 Å². The standard InChI is InChI=1S/C17H14N2O/c1-13-6-8-14(9-7-13)10-11-17(20)19-16-5-3-2-4-15(16)12-18/h2-11H,1H3,(H,19,20). The normalized spacial score (nSPS) is 10.2. The second-order valence-corrected chi connectivity index (χ2v) is 4.39. The smallest absolute Gasteiger partial charge is 0.248 e. The largest absolute Gasteiger partial charge is 0.321 e. The molecular weight excluding hydrogens is 248 g/mol. The average molecular weight is 262 g/mol. The number of hydrogen-bond acceptors (Lipinski definition) is 2. The molecular formula is C17H14N2O. The zero-order chi connectivity index (χ0) is 14.4. The van der Waals surface area contributed by atoms with Crippen LogP contribution < -0.4 is 5.32 Å². The molecule has 0 aromatic heterocycles. The first kappa shape index (κ1) is 13.6. The molecule has 2 aromatic rings. The summed E-state index contributed by atoms with van der Waals surface area (Å²) in [5.74, 6) is -0.256. The van der Waals surface area contributed by atoms with Crippen molar-refractivity contribution >= 4 is 17.7 Å². The molecule has 2 aromatic carbocycles. The highest BCUT2D eigenvalue weighted by molar-refractivity contribution is 6.02. The third-order valence-electron chi connectivity index (χ3n) is 2.81. The molecule has 98 valence electrons. The topological polar surface area (TPSA) is 52.9 Å². The number of nitrogens with zero attached hydrogens (tertiary/aromatic N) is 1. The van der Waals surface area contributed by atoms with Crippen LogP contribution in [0.15, 0.2) is 54.6 Å². The summed E-state index contributed by atoms with van der Waals surface area (Å²) >= 11 is 0. The number of aryl methyl sites for hydroxylation is 1. The SMILES string of the molecule is Cc1ccc(C=CC(=O)Nc2ccccc2C#N)cc1. The van der Waals surface area contributed by atoms with E-state index in [4.69, 9.17) is 5.26 Å². The Kier molecular flexibility index (Phi) is 4.31. The summed E-state index contributed by atoms with van der Waals surface area (Å²) < 4.78 is 0. The van der Waals surface area contributed by atoms with Crippen molar-refractivity contribution in [3.63, 3.8) is 0 Å². The van der Waals surface area contributed by atoms with Crippen LogP contribution in [-0.4, -0.2) is 5.91 Å². The zero-order valence-corrected chi connectivity index (χ0v) is 11.1. The molecule has 0 unspecified atom stereocenters. The maximum Gasteiger partial charge on any atom is 0.248 e. The highest BCUT2D eigenvalue weighted by Crippen LogP contribution is 2.13. The molecule has 0 aliphatic rings. The van der Waals surface area contributed by atoms with E-state index in [1.165, 1.54) is 11.6 Å². The Morgan fingerprint density at radius 1 is 1.15 bits per heavy atom. The van der Waals surface area contributed by atoms with Crippen molar-refractivity contribution < 1.29 is 4.79 Å². The molecule has 0 saturated carbocycles. The predicted octanol–water partition coefficient (Wildman–Crippen LogP) is 3.52. The van der Waals surface area contributed by atoms with Gasteiger partial charge in [-0.1, -0.05) is 42.0 Å². The Morgan fingerprint density at radius 3 is 2.55 bits per heavy atom. The molecule has 0 aliphatic carbocycles. The van der Waals surface area contributed by atoms with E-state index in [2.05, 4.69) is 5.32 Å². The summed E-state index contributed by atoms with van der Waals surface area (Å²) in [5.41, 5.74) is 3.10. The maximum atomic E-state index is 11.8. The van der Waals surface area contributed by atoms with Crippen molar-refractivity contribution in [2.45, 2.75) is 6.92 Å². The monoisotopic (exact) mass is 262 g/mol. The molecule has 0 radical (unpaired) electrons. The van der Waals surface area contributed by atoms with Crippen LogP contribution in [0.3, 0.4) is 0 Å². The zero-order valence-electron chi connectivity index (χ0n) is 11.1. The summed E-state index contributed by atoms with van der Waals surface area (Å²) in [5, 5.41) is 11.6. The van der Waals surface area contributed by atoms with E-state index in [1.54, 1.807) is 30.3 Å². The van der Waals surface area contributed by atoms with Crippen LogP contribution in [0.25, 0.3) is 6.08 Å². The van der Waals surface area contributed by atoms with Gasteiger partial charge in [0.25, 0.3) is 0 Å². The lowest BCUT2D eigenvalue weighted by Crippen LogP contribution is -2.08. The summed E-state index contributed by atoms with van der Waals surface area (Å²) in [6, 6.07) is 16.8. The van der Waals surface area contributed by atoms with Crippen LogP contribution in [0.2, 0.25) is 0 Å². The Hall–Kier alpha value is -2.86. The van der Waals surface area contributed by atoms with Gasteiger partial charge in [-0.25, -0.2) is 0 Å². The van der Waals surface area contributed by atoms with Crippen molar-refractivity contribution in [2.24, 2.45) is 0 Å². The third-order valence-corrected chi connectivity index (χ3v) is 2.81. The van der Waals surface area contributed by atoms with Gasteiger partial charge in [-0.05, 0) is 30.7 Å². The second-order valence-electron chi connectivity index (χ2n) is 4.39. The number of benzene rings is 2. The molecule has 0 spiro atoms. The molecule has 2 rings (SSSR count). The average Bonchev–Trinajstić information content (AvgIpc) is 2.47. The molecule has 1 amide bonds. The molecule has 3 nitrogen and oxygen atoms in total. The molecule has 0 bridgehead atoms. The number of para-hydroxylation sites is 1. The molecule has 1 N–H and O–H groups in total. The van der Waals surface area contributed by atoms with Crippen LogP contribution in [0.1, 0.15) is 16.7 Å². The van der Waals surface area contributed by atoms with Gasteiger partial charge in [0, 0.05) is 6.08 Å². The second kappa shape index (κ2) is 6.35. The van der Waals surface area contributed by atoms with Gasteiger partial charge >= 0.3 is 0 Å². The number of nitrogens with one attached hydrogen (secondary N) is 1. The molecule has 3 heteroatoms. The number of hydrogen-bond donors (Lipinski definition) is 1. The minimum atomic E-state index is -0.256. The fourth-order valence-corrected chi connectivity index (χ4v) is 1.71. The fraction of sp³-hybridized carbons (Fsp3) is 0.0588. The first-order valence-electron chi connectivity index (χ1n) is 6.24. The minimum absolute atomic E-state index is 0.256. The number of carbonyl (C=O) groups is 1. The summed E-state index contributed by atoms with van der Waals surface area (Å²) in [4.78, 5) is 11.8. The minimum Gasteiger partial charge on any atom is -0.321 e. The summed E-state index contributed by atoms with van der Waals surface area (Å²) in [6.07, 6.45) is 3.20. The van der Waals surface area contributed by atoms with Gasteiger partial charge in [0.05, 0.1) is 11.3 Å². The van der Waals surface area contributed by atoms with Crippen LogP contribution in [0.4, 0.5) is 5.69 Å². The van der Waals surface area contributed by atoms with E-state index < -0.39 is 0 Å². The van der Waals surface area contributed by atoms with Gasteiger partial charge < -0.3 is 5.32 Å². The van der Waals surface area contributed by atoms with Crippen molar-refractivity contribution in [1.82, 2.24) is 0 Å². The van der Waals surface area contributed by atoms with E-state index in [9.17, 15) is 4.79 Å². The lowest BCUT2D eigenvalue weighted by atomic mass is 10.1. The van der Waals surface area contributed by atoms with Crippen LogP contribution in [0.5, 0.6) is 0 Å². The lowest BCUT2D eigenvalue weighted by Gasteiger charge is -2.03. The molecule has 0 saturated heterocycles. The first-order chi connectivity index (χ1) is 9.69. The van der Waals surface area contributed by atoms with E-state index in [0.717, 1.165) is 5.56 Å². The number of nitriles is 1. The van der Waals surface area contributed by atoms with Gasteiger partial charge in [0.15, 0.2) is 0 Å². The Labute approximate surface area is 118 Å². The van der Waals surface area contributed by atoms with Crippen molar-refractivity contribution in [3.05, 3.63) is 71.3 Å². The molecule has 0 aliphatic heterocycles. The highest BCUT2D eigenvalue weighted by Gasteiger charge is 2.02. The van der Waals surface area contributed by atoms with E-state index >= 15 is 0 Å². The van der Waals surface area contributed by atoms with E-state index in [1.807, 2.05) is 37.3 Å². The predicted molar refractivity (Wildman–Crippen MR) is 80.0 cm³/mol. The van der Waals surface area contributed by atoms with Crippen molar-refractivity contribution in [2.75, 3.05) is 5.32 Å². The Morgan fingerprint density at radius 2 is 1.85 bits per heavy atom. The van der Waals surface area contributed by atoms with Crippen molar-refractivity contribution in [3.8, 4) is 6.07 Å². The third kappa shape index (κ3) is 3.56. The van der Waals surface area contributed by atoms with Gasteiger partial charge in [-0.2, -0.15) is 5.26 Å². The van der Waals surface area contributed by atoms with E-state index in [-0.39, 0.29) is 5.91 Å². The molecule has 0 fully saturated rings. The molecule has 20 heavy (non-hydrogen) atoms. The molecule has 0 atom stereocenters. The first-order valence-corrected chi connectivity index (χ1v) is 6.24. The maximum absolute atomic E-state index is 11.8. The molecule has 0 heterocycles. The van der Waals surface area contributed by atoms with Gasteiger partial charge in [-0.15, -0.1) is 0 Å². The summed E-state index contributed by atoms with van der Waals surface area (Å²) in [7, 11) is 0. The number of rotatable bonds is 3. The summed E-state index contributed by atoms with van der Waals surface area (Å²) in [6.45, 7) is 2.01. The van der Waals surface area contributed by atoms with E-state index in [0.29, 0.717) is 11.3 Å². The highest BCUT2D eigenvalue weighted by atomic mass is 16.1. The van der Waals surface area contributed by atoms with Gasteiger partial charge in [-0.3, -0.25) is 4.79 Å². The van der Waals surface area contributed by atoms with Gasteiger partial charge in [0.2, 0.25) is 5.91 Å². The number of amides is 1. The number of anilines is 1. The fourth-order valence-electron chi connectivity index (χ4n) is 1.71. The quantitative estimate of drug-likeness (QED) is 0.860. The van der Waals surface area contributed by atoms with Crippen LogP contribution in [0, 0.1) is 18.3 Å².